The fourth-order valence-electron chi connectivity index (χ4n) is 3.72. The largest absolute Gasteiger partial charge is 0.380 e. The van der Waals surface area contributed by atoms with Gasteiger partial charge in [-0.1, -0.05) is 26.0 Å². The first kappa shape index (κ1) is 23.4. The lowest BCUT2D eigenvalue weighted by Crippen LogP contribution is -2.41. The third-order valence-corrected chi connectivity index (χ3v) is 7.38. The zero-order valence-corrected chi connectivity index (χ0v) is 19.8. The summed E-state index contributed by atoms with van der Waals surface area (Å²) in [6.07, 6.45) is 4.28. The number of nitrogens with zero attached hydrogens (tertiary/aromatic N) is 4. The van der Waals surface area contributed by atoms with Crippen LogP contribution >= 0.6 is 0 Å². The summed E-state index contributed by atoms with van der Waals surface area (Å²) in [5.74, 6) is 1.26. The zero-order valence-electron chi connectivity index (χ0n) is 18.9. The number of hydrogen-bond acceptors (Lipinski definition) is 5. The van der Waals surface area contributed by atoms with E-state index in [4.69, 9.17) is 4.74 Å². The van der Waals surface area contributed by atoms with Crippen LogP contribution in [0.1, 0.15) is 38.6 Å². The van der Waals surface area contributed by atoms with Crippen LogP contribution in [0.4, 0.5) is 0 Å². The minimum Gasteiger partial charge on any atom is -0.380 e. The molecule has 0 N–H and O–H groups in total. The predicted octanol–water partition coefficient (Wildman–Crippen LogP) is 3.86. The summed E-state index contributed by atoms with van der Waals surface area (Å²) in [5.41, 5.74) is 2.86. The fraction of sp³-hybridized carbons (Fsp3) is 0.478. The zero-order chi connectivity index (χ0) is 22.6. The highest BCUT2D eigenvalue weighted by atomic mass is 32.2. The van der Waals surface area contributed by atoms with Crippen LogP contribution in [0.15, 0.2) is 47.6 Å². The average Bonchev–Trinajstić information content (AvgIpc) is 3.06. The van der Waals surface area contributed by atoms with Crippen molar-refractivity contribution in [3.63, 3.8) is 0 Å². The normalized spacial score (nSPS) is 13.4. The van der Waals surface area contributed by atoms with Gasteiger partial charge >= 0.3 is 0 Å². The molecule has 0 aliphatic rings. The van der Waals surface area contributed by atoms with E-state index in [1.807, 2.05) is 32.0 Å². The number of aromatic nitrogens is 3. The van der Waals surface area contributed by atoms with Gasteiger partial charge in [-0.25, -0.2) is 13.4 Å². The first-order valence-electron chi connectivity index (χ1n) is 10.7. The van der Waals surface area contributed by atoms with Crippen LogP contribution in [-0.4, -0.2) is 53.6 Å². The van der Waals surface area contributed by atoms with Gasteiger partial charge in [0.1, 0.15) is 5.82 Å². The van der Waals surface area contributed by atoms with Crippen molar-refractivity contribution in [3.8, 4) is 0 Å². The first-order valence-corrected chi connectivity index (χ1v) is 12.1. The topological polar surface area (TPSA) is 77.3 Å². The van der Waals surface area contributed by atoms with E-state index in [1.165, 1.54) is 4.31 Å². The van der Waals surface area contributed by atoms with Crippen LogP contribution in [-0.2, 0) is 21.3 Å². The number of pyridine rings is 1. The highest BCUT2D eigenvalue weighted by molar-refractivity contribution is 7.89. The van der Waals surface area contributed by atoms with Crippen LogP contribution in [0.2, 0.25) is 0 Å². The van der Waals surface area contributed by atoms with Crippen molar-refractivity contribution in [2.24, 2.45) is 5.92 Å². The molecule has 8 heteroatoms. The van der Waals surface area contributed by atoms with Crippen molar-refractivity contribution < 1.29 is 13.2 Å². The van der Waals surface area contributed by atoms with Crippen molar-refractivity contribution in [3.05, 3.63) is 54.1 Å². The first-order chi connectivity index (χ1) is 14.7. The predicted molar refractivity (Wildman–Crippen MR) is 122 cm³/mol. The van der Waals surface area contributed by atoms with Crippen molar-refractivity contribution in [1.82, 2.24) is 18.8 Å². The third kappa shape index (κ3) is 5.31. The Hall–Kier alpha value is -2.29. The molecule has 3 aromatic rings. The molecule has 0 spiro atoms. The maximum atomic E-state index is 13.2. The van der Waals surface area contributed by atoms with Crippen LogP contribution < -0.4 is 0 Å². The Morgan fingerprint density at radius 1 is 1.16 bits per heavy atom. The van der Waals surface area contributed by atoms with Crippen molar-refractivity contribution >= 4 is 21.1 Å². The van der Waals surface area contributed by atoms with E-state index >= 15 is 0 Å². The minimum atomic E-state index is -3.61. The van der Waals surface area contributed by atoms with Gasteiger partial charge in [0.2, 0.25) is 10.0 Å². The summed E-state index contributed by atoms with van der Waals surface area (Å²) in [6.45, 7) is 9.61. The Morgan fingerprint density at radius 2 is 1.87 bits per heavy atom. The molecule has 1 atom stereocenters. The van der Waals surface area contributed by atoms with E-state index in [-0.39, 0.29) is 10.9 Å². The Balaban J connectivity index is 1.81. The number of likely N-dealkylation sites (N-methyl/N-ethyl adjacent to an activating group) is 1. The summed E-state index contributed by atoms with van der Waals surface area (Å²) in [4.78, 5) is 9.05. The SMILES string of the molecule is CCOC[C@H](CC(C)C)N(C)S(=O)(=O)c1ccc(Cn2c(C)nc3ccncc32)cc1. The molecule has 0 unspecified atom stereocenters. The molecule has 0 fully saturated rings. The standard InChI is InChI=1S/C23H32N4O3S/c1-6-30-16-20(13-17(2)3)26(5)31(28,29)21-9-7-19(8-10-21)15-27-18(4)25-22-11-12-24-14-23(22)27/h7-12,14,17,20H,6,13,15-16H2,1-5H3/t20-/m0/s1. The van der Waals surface area contributed by atoms with Crippen molar-refractivity contribution in [1.29, 1.82) is 0 Å². The van der Waals surface area contributed by atoms with E-state index in [9.17, 15) is 8.42 Å². The lowest BCUT2D eigenvalue weighted by atomic mass is 10.0. The molecule has 0 saturated heterocycles. The van der Waals surface area contributed by atoms with Crippen LogP contribution in [0.3, 0.4) is 0 Å². The molecule has 0 saturated carbocycles. The molecule has 0 aliphatic heterocycles. The van der Waals surface area contributed by atoms with Gasteiger partial charge in [0.15, 0.2) is 0 Å². The Morgan fingerprint density at radius 3 is 2.52 bits per heavy atom. The summed E-state index contributed by atoms with van der Waals surface area (Å²) >= 11 is 0. The lowest BCUT2D eigenvalue weighted by Gasteiger charge is -2.28. The molecular weight excluding hydrogens is 412 g/mol. The molecule has 2 heterocycles. The van der Waals surface area contributed by atoms with E-state index < -0.39 is 10.0 Å². The quantitative estimate of drug-likeness (QED) is 0.475. The Bertz CT molecular complexity index is 1110. The van der Waals surface area contributed by atoms with Crippen LogP contribution in [0.25, 0.3) is 11.0 Å². The highest BCUT2D eigenvalue weighted by Gasteiger charge is 2.28. The summed E-state index contributed by atoms with van der Waals surface area (Å²) < 4.78 is 35.5. The monoisotopic (exact) mass is 444 g/mol. The Labute approximate surface area is 185 Å². The number of aryl methyl sites for hydroxylation is 1. The number of hydrogen-bond donors (Lipinski definition) is 0. The van der Waals surface area contributed by atoms with Crippen LogP contribution in [0, 0.1) is 12.8 Å². The van der Waals surface area contributed by atoms with Gasteiger partial charge in [-0.05, 0) is 49.9 Å². The maximum Gasteiger partial charge on any atom is 0.243 e. The second kappa shape index (κ2) is 9.89. The Kier molecular flexibility index (Phi) is 7.46. The van der Waals surface area contributed by atoms with Gasteiger partial charge in [0.05, 0.1) is 28.7 Å². The maximum absolute atomic E-state index is 13.2. The molecule has 7 nitrogen and oxygen atoms in total. The molecule has 0 amide bonds. The van der Waals surface area contributed by atoms with E-state index in [0.717, 1.165) is 28.8 Å². The van der Waals surface area contributed by atoms with Gasteiger partial charge in [0, 0.05) is 32.4 Å². The molecule has 31 heavy (non-hydrogen) atoms. The van der Waals surface area contributed by atoms with Crippen molar-refractivity contribution in [2.45, 2.75) is 51.6 Å². The van der Waals surface area contributed by atoms with E-state index in [2.05, 4.69) is 28.4 Å². The van der Waals surface area contributed by atoms with Crippen LogP contribution in [0.5, 0.6) is 0 Å². The number of fused-ring (bicyclic) bond motifs is 1. The number of imidazole rings is 1. The third-order valence-electron chi connectivity index (χ3n) is 5.45. The molecule has 2 aromatic heterocycles. The molecular formula is C23H32N4O3S. The number of ether oxygens (including phenoxy) is 1. The second-order valence-electron chi connectivity index (χ2n) is 8.22. The smallest absolute Gasteiger partial charge is 0.243 e. The van der Waals surface area contributed by atoms with Gasteiger partial charge in [-0.3, -0.25) is 4.98 Å². The highest BCUT2D eigenvalue weighted by Crippen LogP contribution is 2.22. The number of benzene rings is 1. The van der Waals surface area contributed by atoms with Gasteiger partial charge < -0.3 is 9.30 Å². The molecule has 0 bridgehead atoms. The summed E-state index contributed by atoms with van der Waals surface area (Å²) in [7, 11) is -1.97. The molecule has 3 rings (SSSR count). The second-order valence-corrected chi connectivity index (χ2v) is 10.2. The summed E-state index contributed by atoms with van der Waals surface area (Å²) in [6, 6.07) is 8.78. The van der Waals surface area contributed by atoms with E-state index in [0.29, 0.717) is 25.7 Å². The summed E-state index contributed by atoms with van der Waals surface area (Å²) in [5, 5.41) is 0. The molecule has 168 valence electrons. The van der Waals surface area contributed by atoms with Gasteiger partial charge in [-0.2, -0.15) is 4.31 Å². The molecule has 0 aliphatic carbocycles. The molecule has 0 radical (unpaired) electrons. The number of rotatable bonds is 10. The number of sulfonamides is 1. The molecule has 1 aromatic carbocycles. The van der Waals surface area contributed by atoms with E-state index in [1.54, 1.807) is 31.6 Å². The minimum absolute atomic E-state index is 0.197. The fourth-order valence-corrected chi connectivity index (χ4v) is 5.07. The lowest BCUT2D eigenvalue weighted by molar-refractivity contribution is 0.0954. The van der Waals surface area contributed by atoms with Gasteiger partial charge in [0.25, 0.3) is 0 Å². The van der Waals surface area contributed by atoms with Crippen molar-refractivity contribution in [2.75, 3.05) is 20.3 Å². The average molecular weight is 445 g/mol. The van der Waals surface area contributed by atoms with Gasteiger partial charge in [-0.15, -0.1) is 0 Å².